The van der Waals surface area contributed by atoms with Crippen molar-refractivity contribution in [1.29, 1.82) is 0 Å². The van der Waals surface area contributed by atoms with E-state index in [-0.39, 0.29) is 23.7 Å². The smallest absolute Gasteiger partial charge is 0.271 e. The molecule has 0 aliphatic rings. The van der Waals surface area contributed by atoms with Crippen LogP contribution in [-0.2, 0) is 16.6 Å². The van der Waals surface area contributed by atoms with Crippen molar-refractivity contribution in [1.82, 2.24) is 19.8 Å². The maximum Gasteiger partial charge on any atom is 0.271 e. The Labute approximate surface area is 106 Å². The Balaban J connectivity index is 2.64. The van der Waals surface area contributed by atoms with Gasteiger partial charge in [0, 0.05) is 13.1 Å². The predicted octanol–water partition coefficient (Wildman–Crippen LogP) is -1.24. The van der Waals surface area contributed by atoms with Crippen molar-refractivity contribution in [2.45, 2.75) is 13.5 Å². The number of nitrogens with zero attached hydrogens (tertiary/aromatic N) is 2. The van der Waals surface area contributed by atoms with Crippen LogP contribution in [0.3, 0.4) is 0 Å². The fraction of sp³-hybridized carbons (Fsp3) is 0.556. The van der Waals surface area contributed by atoms with Crippen LogP contribution in [0.15, 0.2) is 6.20 Å². The van der Waals surface area contributed by atoms with Gasteiger partial charge in [0.15, 0.2) is 0 Å². The molecule has 0 spiro atoms. The van der Waals surface area contributed by atoms with Crippen LogP contribution in [0.2, 0.25) is 0 Å². The van der Waals surface area contributed by atoms with Crippen molar-refractivity contribution < 1.29 is 13.2 Å². The van der Waals surface area contributed by atoms with E-state index in [9.17, 15) is 13.2 Å². The zero-order chi connectivity index (χ0) is 13.8. The van der Waals surface area contributed by atoms with E-state index in [2.05, 4.69) is 15.1 Å². The molecule has 0 bridgehead atoms. The molecule has 0 aliphatic carbocycles. The van der Waals surface area contributed by atoms with E-state index in [1.54, 1.807) is 0 Å². The first-order valence-electron chi connectivity index (χ1n) is 5.42. The van der Waals surface area contributed by atoms with Crippen LogP contribution >= 0.6 is 0 Å². The lowest BCUT2D eigenvalue weighted by Crippen LogP contribution is -2.34. The monoisotopic (exact) mass is 275 g/mol. The maximum absolute atomic E-state index is 11.8. The lowest BCUT2D eigenvalue weighted by molar-refractivity contribution is 0.0946. The molecule has 18 heavy (non-hydrogen) atoms. The molecular weight excluding hydrogens is 258 g/mol. The summed E-state index contributed by atoms with van der Waals surface area (Å²) in [5.74, 6) is -0.617. The number of aromatic nitrogens is 2. The molecule has 0 saturated carbocycles. The highest BCUT2D eigenvalue weighted by Crippen LogP contribution is 2.09. The average Bonchev–Trinajstić information content (AvgIpc) is 2.70. The van der Waals surface area contributed by atoms with Crippen LogP contribution in [0.25, 0.3) is 0 Å². The molecule has 0 aliphatic heterocycles. The second-order valence-electron chi connectivity index (χ2n) is 3.54. The number of hydrogen-bond donors (Lipinski definition) is 3. The van der Waals surface area contributed by atoms with Crippen molar-refractivity contribution in [2.24, 2.45) is 0 Å². The number of amides is 1. The summed E-state index contributed by atoms with van der Waals surface area (Å²) in [7, 11) is -2.01. The fourth-order valence-electron chi connectivity index (χ4n) is 1.37. The zero-order valence-corrected chi connectivity index (χ0v) is 11.1. The number of hydrogen-bond acceptors (Lipinski definition) is 5. The summed E-state index contributed by atoms with van der Waals surface area (Å²) >= 11 is 0. The summed E-state index contributed by atoms with van der Waals surface area (Å²) in [6, 6.07) is 0. The second kappa shape index (κ2) is 5.83. The highest BCUT2D eigenvalue weighted by Gasteiger charge is 2.16. The summed E-state index contributed by atoms with van der Waals surface area (Å²) in [4.78, 5) is 11.8. The van der Waals surface area contributed by atoms with Gasteiger partial charge in [-0.3, -0.25) is 9.48 Å². The molecular formula is C9H17N5O3S. The van der Waals surface area contributed by atoms with Gasteiger partial charge >= 0.3 is 0 Å². The van der Waals surface area contributed by atoms with E-state index >= 15 is 0 Å². The van der Waals surface area contributed by atoms with Gasteiger partial charge < -0.3 is 11.1 Å². The number of nitrogens with one attached hydrogen (secondary N) is 2. The number of sulfonamides is 1. The van der Waals surface area contributed by atoms with Crippen LogP contribution in [-0.4, -0.2) is 43.5 Å². The minimum Gasteiger partial charge on any atom is -0.396 e. The Hall–Kier alpha value is -1.61. The lowest BCUT2D eigenvalue weighted by Gasteiger charge is -2.07. The van der Waals surface area contributed by atoms with Gasteiger partial charge in [0.2, 0.25) is 10.0 Å². The first-order chi connectivity index (χ1) is 8.41. The molecule has 1 amide bonds. The Morgan fingerprint density at radius 3 is 2.78 bits per heavy atom. The molecule has 0 aromatic carbocycles. The summed E-state index contributed by atoms with van der Waals surface area (Å²) in [6.07, 6.45) is 1.39. The molecule has 102 valence electrons. The third-order valence-electron chi connectivity index (χ3n) is 2.35. The summed E-state index contributed by atoms with van der Waals surface area (Å²) in [5, 5.41) is 6.42. The Morgan fingerprint density at radius 1 is 1.56 bits per heavy atom. The minimum atomic E-state index is -3.33. The van der Waals surface area contributed by atoms with Crippen molar-refractivity contribution in [3.8, 4) is 0 Å². The molecule has 0 atom stereocenters. The molecule has 0 radical (unpaired) electrons. The predicted molar refractivity (Wildman–Crippen MR) is 67.5 cm³/mol. The molecule has 0 saturated heterocycles. The van der Waals surface area contributed by atoms with E-state index < -0.39 is 15.9 Å². The number of anilines is 1. The number of carbonyl (C=O) groups is 1. The Morgan fingerprint density at radius 2 is 2.22 bits per heavy atom. The molecule has 8 nitrogen and oxygen atoms in total. The maximum atomic E-state index is 11.8. The largest absolute Gasteiger partial charge is 0.396 e. The van der Waals surface area contributed by atoms with E-state index in [0.717, 1.165) is 0 Å². The van der Waals surface area contributed by atoms with Gasteiger partial charge in [0.25, 0.3) is 5.91 Å². The van der Waals surface area contributed by atoms with Crippen LogP contribution in [0.4, 0.5) is 5.69 Å². The van der Waals surface area contributed by atoms with Crippen LogP contribution in [0.1, 0.15) is 17.4 Å². The first kappa shape index (κ1) is 14.5. The van der Waals surface area contributed by atoms with E-state index in [1.807, 2.05) is 6.92 Å². The van der Waals surface area contributed by atoms with Crippen LogP contribution < -0.4 is 15.8 Å². The van der Waals surface area contributed by atoms with Crippen LogP contribution in [0.5, 0.6) is 0 Å². The quantitative estimate of drug-likeness (QED) is 0.600. The molecule has 1 rings (SSSR count). The minimum absolute atomic E-state index is 0.0103. The van der Waals surface area contributed by atoms with Crippen molar-refractivity contribution in [3.05, 3.63) is 11.9 Å². The standard InChI is InChI=1S/C9H17N5O3S/c1-3-14-8(7(10)6-13-14)9(15)12-4-5-18(16,17)11-2/h6,11H,3-5,10H2,1-2H3,(H,12,15). The van der Waals surface area contributed by atoms with Gasteiger partial charge in [0.1, 0.15) is 5.69 Å². The molecule has 9 heteroatoms. The Kier molecular flexibility index (Phi) is 4.68. The number of aryl methyl sites for hydroxylation is 1. The third-order valence-corrected chi connectivity index (χ3v) is 3.71. The zero-order valence-electron chi connectivity index (χ0n) is 10.3. The van der Waals surface area contributed by atoms with Crippen molar-refractivity contribution in [3.63, 3.8) is 0 Å². The van der Waals surface area contributed by atoms with Gasteiger partial charge in [0.05, 0.1) is 17.6 Å². The SMILES string of the molecule is CCn1ncc(N)c1C(=O)NCCS(=O)(=O)NC. The normalized spacial score (nSPS) is 11.4. The summed E-state index contributed by atoms with van der Waals surface area (Å²) in [6.45, 7) is 2.35. The average molecular weight is 275 g/mol. The molecule has 1 aromatic rings. The van der Waals surface area contributed by atoms with Gasteiger partial charge in [-0.25, -0.2) is 13.1 Å². The molecule has 4 N–H and O–H groups in total. The van der Waals surface area contributed by atoms with E-state index in [1.165, 1.54) is 17.9 Å². The highest BCUT2D eigenvalue weighted by molar-refractivity contribution is 7.89. The number of rotatable bonds is 6. The second-order valence-corrected chi connectivity index (χ2v) is 5.59. The highest BCUT2D eigenvalue weighted by atomic mass is 32.2. The van der Waals surface area contributed by atoms with E-state index in [4.69, 9.17) is 5.73 Å². The van der Waals surface area contributed by atoms with E-state index in [0.29, 0.717) is 6.54 Å². The van der Waals surface area contributed by atoms with Crippen molar-refractivity contribution >= 4 is 21.6 Å². The molecule has 1 aromatic heterocycles. The molecule has 1 heterocycles. The summed E-state index contributed by atoms with van der Waals surface area (Å²) in [5.41, 5.74) is 6.15. The van der Waals surface area contributed by atoms with Gasteiger partial charge in [-0.1, -0.05) is 0 Å². The van der Waals surface area contributed by atoms with Gasteiger partial charge in [-0.05, 0) is 14.0 Å². The van der Waals surface area contributed by atoms with Crippen LogP contribution in [0, 0.1) is 0 Å². The third kappa shape index (κ3) is 3.44. The van der Waals surface area contributed by atoms with Gasteiger partial charge in [-0.15, -0.1) is 0 Å². The van der Waals surface area contributed by atoms with Gasteiger partial charge in [-0.2, -0.15) is 5.10 Å². The first-order valence-corrected chi connectivity index (χ1v) is 7.07. The Bertz CT molecular complexity index is 522. The molecule has 0 unspecified atom stereocenters. The topological polar surface area (TPSA) is 119 Å². The molecule has 0 fully saturated rings. The number of nitrogens with two attached hydrogens (primary N) is 1. The summed E-state index contributed by atoms with van der Waals surface area (Å²) < 4.78 is 25.9. The van der Waals surface area contributed by atoms with Crippen molar-refractivity contribution in [2.75, 3.05) is 25.1 Å². The number of nitrogen functional groups attached to an aromatic ring is 1. The number of carbonyl (C=O) groups excluding carboxylic acids is 1. The fourth-order valence-corrected chi connectivity index (χ4v) is 1.95. The lowest BCUT2D eigenvalue weighted by atomic mass is 10.3.